The van der Waals surface area contributed by atoms with E-state index in [4.69, 9.17) is 0 Å². The molecule has 0 fully saturated rings. The number of hydrogen-bond donors (Lipinski definition) is 2. The average Bonchev–Trinajstić information content (AvgIpc) is 2.77. The number of hydrogen-bond acceptors (Lipinski definition) is 3. The van der Waals surface area contributed by atoms with Crippen LogP contribution in [0, 0.1) is 0 Å². The molecule has 1 heterocycles. The number of aryl methyl sites for hydroxylation is 1. The molecule has 0 saturated carbocycles. The van der Waals surface area contributed by atoms with E-state index in [1.165, 1.54) is 4.88 Å². The molecule has 0 aliphatic carbocycles. The zero-order valence-corrected chi connectivity index (χ0v) is 10.6. The van der Waals surface area contributed by atoms with Crippen LogP contribution in [0.2, 0.25) is 0 Å². The molecule has 0 atom stereocenters. The Morgan fingerprint density at radius 2 is 2.25 bits per heavy atom. The lowest BCUT2D eigenvalue weighted by molar-refractivity contribution is -0.121. The van der Waals surface area contributed by atoms with Crippen LogP contribution in [0.4, 0.5) is 0 Å². The van der Waals surface area contributed by atoms with Gasteiger partial charge in [0.05, 0.1) is 0 Å². The molecule has 0 spiro atoms. The van der Waals surface area contributed by atoms with E-state index in [0.717, 1.165) is 32.4 Å². The topological polar surface area (TPSA) is 41.1 Å². The highest BCUT2D eigenvalue weighted by atomic mass is 32.1. The summed E-state index contributed by atoms with van der Waals surface area (Å²) in [5, 5.41) is 8.05. The second kappa shape index (κ2) is 8.30. The molecule has 16 heavy (non-hydrogen) atoms. The second-order valence-electron chi connectivity index (χ2n) is 3.74. The van der Waals surface area contributed by atoms with Gasteiger partial charge in [0.25, 0.3) is 0 Å². The highest BCUT2D eigenvalue weighted by Crippen LogP contribution is 2.11. The maximum atomic E-state index is 11.4. The summed E-state index contributed by atoms with van der Waals surface area (Å²) in [7, 11) is 1.92. The minimum atomic E-state index is 0.174. The standard InChI is InChI=1S/C12H20N2OS/c1-13-8-4-9-14-12(15)7-2-5-11-6-3-10-16-11/h3,6,10,13H,2,4-5,7-9H2,1H3,(H,14,15). The number of thiophene rings is 1. The van der Waals surface area contributed by atoms with E-state index < -0.39 is 0 Å². The molecule has 0 radical (unpaired) electrons. The first-order chi connectivity index (χ1) is 7.83. The average molecular weight is 240 g/mol. The second-order valence-corrected chi connectivity index (χ2v) is 4.77. The minimum Gasteiger partial charge on any atom is -0.356 e. The Balaban J connectivity index is 1.98. The predicted octanol–water partition coefficient (Wildman–Crippen LogP) is 1.80. The first kappa shape index (κ1) is 13.2. The maximum absolute atomic E-state index is 11.4. The predicted molar refractivity (Wildman–Crippen MR) is 68.8 cm³/mol. The van der Waals surface area contributed by atoms with Crippen LogP contribution in [0.5, 0.6) is 0 Å². The zero-order valence-electron chi connectivity index (χ0n) is 9.79. The highest BCUT2D eigenvalue weighted by molar-refractivity contribution is 7.09. The van der Waals surface area contributed by atoms with Crippen molar-refractivity contribution in [3.05, 3.63) is 22.4 Å². The van der Waals surface area contributed by atoms with Gasteiger partial charge in [-0.15, -0.1) is 11.3 Å². The molecule has 90 valence electrons. The molecular weight excluding hydrogens is 220 g/mol. The van der Waals surface area contributed by atoms with Crippen molar-refractivity contribution in [1.29, 1.82) is 0 Å². The SMILES string of the molecule is CNCCCNC(=O)CCCc1cccs1. The lowest BCUT2D eigenvalue weighted by Gasteiger charge is -2.04. The van der Waals surface area contributed by atoms with Gasteiger partial charge in [0.1, 0.15) is 0 Å². The summed E-state index contributed by atoms with van der Waals surface area (Å²) in [5.41, 5.74) is 0. The fourth-order valence-electron chi connectivity index (χ4n) is 1.46. The van der Waals surface area contributed by atoms with E-state index in [-0.39, 0.29) is 5.91 Å². The van der Waals surface area contributed by atoms with Crippen molar-refractivity contribution >= 4 is 17.2 Å². The summed E-state index contributed by atoms with van der Waals surface area (Å²) in [6.07, 6.45) is 3.59. The van der Waals surface area contributed by atoms with E-state index in [1.54, 1.807) is 11.3 Å². The third-order valence-electron chi connectivity index (χ3n) is 2.33. The van der Waals surface area contributed by atoms with Gasteiger partial charge in [0.15, 0.2) is 0 Å². The summed E-state index contributed by atoms with van der Waals surface area (Å²) in [6.45, 7) is 1.73. The molecule has 3 nitrogen and oxygen atoms in total. The van der Waals surface area contributed by atoms with E-state index >= 15 is 0 Å². The lowest BCUT2D eigenvalue weighted by Crippen LogP contribution is -2.26. The Hall–Kier alpha value is -0.870. The van der Waals surface area contributed by atoms with Crippen LogP contribution in [0.3, 0.4) is 0 Å². The lowest BCUT2D eigenvalue weighted by atomic mass is 10.2. The zero-order chi connectivity index (χ0) is 11.6. The Labute approximate surface area is 101 Å². The van der Waals surface area contributed by atoms with E-state index in [0.29, 0.717) is 6.42 Å². The summed E-state index contributed by atoms with van der Waals surface area (Å²) in [5.74, 6) is 0.174. The highest BCUT2D eigenvalue weighted by Gasteiger charge is 2.01. The number of nitrogens with one attached hydrogen (secondary N) is 2. The fourth-order valence-corrected chi connectivity index (χ4v) is 2.21. The molecule has 1 aromatic heterocycles. The molecule has 0 aromatic carbocycles. The molecule has 1 amide bonds. The van der Waals surface area contributed by atoms with Crippen LogP contribution in [-0.4, -0.2) is 26.0 Å². The van der Waals surface area contributed by atoms with E-state index in [9.17, 15) is 4.79 Å². The summed E-state index contributed by atoms with van der Waals surface area (Å²) in [4.78, 5) is 12.8. The summed E-state index contributed by atoms with van der Waals surface area (Å²) in [6, 6.07) is 4.17. The van der Waals surface area contributed by atoms with Gasteiger partial charge in [-0.25, -0.2) is 0 Å². The molecule has 0 saturated heterocycles. The van der Waals surface area contributed by atoms with E-state index in [2.05, 4.69) is 28.1 Å². The van der Waals surface area contributed by atoms with Crippen molar-refractivity contribution in [1.82, 2.24) is 10.6 Å². The molecule has 1 aromatic rings. The molecule has 0 unspecified atom stereocenters. The van der Waals surface area contributed by atoms with Gasteiger partial charge in [-0.2, -0.15) is 0 Å². The van der Waals surface area contributed by atoms with Crippen LogP contribution in [0.1, 0.15) is 24.1 Å². The van der Waals surface area contributed by atoms with Gasteiger partial charge in [-0.1, -0.05) is 6.07 Å². The van der Waals surface area contributed by atoms with Crippen LogP contribution < -0.4 is 10.6 Å². The summed E-state index contributed by atoms with van der Waals surface area (Å²) >= 11 is 1.76. The quantitative estimate of drug-likeness (QED) is 0.680. The minimum absolute atomic E-state index is 0.174. The Bertz CT molecular complexity index is 285. The van der Waals surface area contributed by atoms with Gasteiger partial charge in [0, 0.05) is 17.8 Å². The third-order valence-corrected chi connectivity index (χ3v) is 3.27. The molecule has 0 aliphatic rings. The largest absolute Gasteiger partial charge is 0.356 e. The van der Waals surface area contributed by atoms with Crippen LogP contribution in [-0.2, 0) is 11.2 Å². The number of carbonyl (C=O) groups is 1. The van der Waals surface area contributed by atoms with Gasteiger partial charge in [-0.3, -0.25) is 4.79 Å². The first-order valence-electron chi connectivity index (χ1n) is 5.76. The number of amides is 1. The van der Waals surface area contributed by atoms with Gasteiger partial charge >= 0.3 is 0 Å². The van der Waals surface area contributed by atoms with Gasteiger partial charge < -0.3 is 10.6 Å². The Morgan fingerprint density at radius 1 is 1.38 bits per heavy atom. The van der Waals surface area contributed by atoms with Crippen molar-refractivity contribution in [3.8, 4) is 0 Å². The van der Waals surface area contributed by atoms with Crippen LogP contribution in [0.15, 0.2) is 17.5 Å². The van der Waals surface area contributed by atoms with Crippen molar-refractivity contribution < 1.29 is 4.79 Å². The van der Waals surface area contributed by atoms with Crippen LogP contribution in [0.25, 0.3) is 0 Å². The Kier molecular flexibility index (Phi) is 6.85. The van der Waals surface area contributed by atoms with Gasteiger partial charge in [0.2, 0.25) is 5.91 Å². The molecule has 0 bridgehead atoms. The molecule has 1 rings (SSSR count). The third kappa shape index (κ3) is 5.88. The van der Waals surface area contributed by atoms with Crippen molar-refractivity contribution in [3.63, 3.8) is 0 Å². The van der Waals surface area contributed by atoms with E-state index in [1.807, 2.05) is 7.05 Å². The Morgan fingerprint density at radius 3 is 2.94 bits per heavy atom. The number of rotatable bonds is 8. The molecular formula is C12H20N2OS. The fraction of sp³-hybridized carbons (Fsp3) is 0.583. The smallest absolute Gasteiger partial charge is 0.220 e. The van der Waals surface area contributed by atoms with Crippen LogP contribution >= 0.6 is 11.3 Å². The van der Waals surface area contributed by atoms with Crippen molar-refractivity contribution in [2.75, 3.05) is 20.1 Å². The monoisotopic (exact) mass is 240 g/mol. The molecule has 0 aliphatic heterocycles. The molecule has 2 N–H and O–H groups in total. The van der Waals surface area contributed by atoms with Crippen molar-refractivity contribution in [2.45, 2.75) is 25.7 Å². The normalized spacial score (nSPS) is 10.3. The van der Waals surface area contributed by atoms with Crippen molar-refractivity contribution in [2.24, 2.45) is 0 Å². The summed E-state index contributed by atoms with van der Waals surface area (Å²) < 4.78 is 0. The first-order valence-corrected chi connectivity index (χ1v) is 6.64. The molecule has 4 heteroatoms. The number of carbonyl (C=O) groups excluding carboxylic acids is 1. The maximum Gasteiger partial charge on any atom is 0.220 e. The van der Waals surface area contributed by atoms with Gasteiger partial charge in [-0.05, 0) is 44.3 Å².